The van der Waals surface area contributed by atoms with Crippen LogP contribution in [0.1, 0.15) is 13.3 Å². The number of aromatic nitrogens is 4. The van der Waals surface area contributed by atoms with Crippen LogP contribution >= 0.6 is 0 Å². The minimum Gasteiger partial charge on any atom is -0.487 e. The van der Waals surface area contributed by atoms with Crippen LogP contribution in [0.4, 0.5) is 13.2 Å². The third kappa shape index (κ3) is 4.53. The van der Waals surface area contributed by atoms with Gasteiger partial charge in [-0.2, -0.15) is 0 Å². The molecule has 41 heavy (non-hydrogen) atoms. The van der Waals surface area contributed by atoms with Gasteiger partial charge in [0.15, 0.2) is 0 Å². The van der Waals surface area contributed by atoms with Gasteiger partial charge >= 0.3 is 6.36 Å². The van der Waals surface area contributed by atoms with Crippen LogP contribution in [0.15, 0.2) is 64.2 Å². The lowest BCUT2D eigenvalue weighted by Gasteiger charge is -2.21. The summed E-state index contributed by atoms with van der Waals surface area (Å²) in [6, 6.07) is 14.4. The van der Waals surface area contributed by atoms with Crippen LogP contribution in [0.25, 0.3) is 44.3 Å². The zero-order valence-electron chi connectivity index (χ0n) is 21.8. The molecule has 3 atom stereocenters. The zero-order valence-corrected chi connectivity index (χ0v) is 21.8. The largest absolute Gasteiger partial charge is 0.573 e. The fourth-order valence-electron chi connectivity index (χ4n) is 5.86. The number of para-hydroxylation sites is 1. The van der Waals surface area contributed by atoms with Crippen molar-refractivity contribution in [3.05, 3.63) is 75.3 Å². The van der Waals surface area contributed by atoms with Crippen molar-refractivity contribution in [3.63, 3.8) is 0 Å². The van der Waals surface area contributed by atoms with Gasteiger partial charge in [0, 0.05) is 31.1 Å². The van der Waals surface area contributed by atoms with E-state index < -0.39 is 11.9 Å². The Morgan fingerprint density at radius 1 is 1.05 bits per heavy atom. The van der Waals surface area contributed by atoms with Crippen molar-refractivity contribution in [1.29, 1.82) is 0 Å². The molecular weight excluding hydrogens is 539 g/mol. The lowest BCUT2D eigenvalue weighted by Crippen LogP contribution is -2.33. The van der Waals surface area contributed by atoms with Crippen LogP contribution in [-0.4, -0.2) is 56.2 Å². The number of aromatic amines is 2. The number of hydrogen-bond acceptors (Lipinski definition) is 6. The first-order valence-electron chi connectivity index (χ1n) is 13.2. The molecule has 0 radical (unpaired) electrons. The quantitative estimate of drug-likeness (QED) is 0.324. The molecule has 0 amide bonds. The summed E-state index contributed by atoms with van der Waals surface area (Å²) in [5.74, 6) is 0.0368. The van der Waals surface area contributed by atoms with Gasteiger partial charge in [0.05, 0.1) is 23.0 Å². The molecule has 1 fully saturated rings. The van der Waals surface area contributed by atoms with Gasteiger partial charge in [-0.05, 0) is 48.4 Å². The lowest BCUT2D eigenvalue weighted by molar-refractivity contribution is -0.274. The minimum atomic E-state index is -4.83. The van der Waals surface area contributed by atoms with E-state index in [4.69, 9.17) is 9.72 Å². The van der Waals surface area contributed by atoms with Crippen LogP contribution < -0.4 is 20.6 Å². The molecule has 5 aromatic rings. The summed E-state index contributed by atoms with van der Waals surface area (Å²) in [7, 11) is 0. The van der Waals surface area contributed by atoms with Gasteiger partial charge in [0.2, 0.25) is 0 Å². The number of hydrogen-bond donors (Lipinski definition) is 2. The van der Waals surface area contributed by atoms with Crippen molar-refractivity contribution in [2.24, 2.45) is 0 Å². The number of H-pyrrole nitrogens is 2. The molecule has 3 aromatic carbocycles. The molecule has 7 rings (SSSR count). The summed E-state index contributed by atoms with van der Waals surface area (Å²) in [5.41, 5.74) is 2.19. The molecule has 2 N–H and O–H groups in total. The summed E-state index contributed by atoms with van der Waals surface area (Å²) in [6.45, 7) is 3.76. The molecule has 1 saturated heterocycles. The van der Waals surface area contributed by atoms with Gasteiger partial charge in [-0.3, -0.25) is 24.3 Å². The van der Waals surface area contributed by atoms with Crippen molar-refractivity contribution >= 4 is 21.9 Å². The number of benzene rings is 3. The van der Waals surface area contributed by atoms with E-state index in [0.717, 1.165) is 6.42 Å². The number of rotatable bonds is 2. The Bertz CT molecular complexity index is 1940. The molecule has 210 valence electrons. The predicted octanol–water partition coefficient (Wildman–Crippen LogP) is 4.65. The van der Waals surface area contributed by atoms with E-state index >= 15 is 0 Å². The Kier molecular flexibility index (Phi) is 5.72. The van der Waals surface area contributed by atoms with Gasteiger partial charge < -0.3 is 14.5 Å². The smallest absolute Gasteiger partial charge is 0.487 e. The first-order chi connectivity index (χ1) is 19.6. The second-order valence-corrected chi connectivity index (χ2v) is 10.5. The summed E-state index contributed by atoms with van der Waals surface area (Å²) < 4.78 is 50.8. The lowest BCUT2D eigenvalue weighted by atomic mass is 10.0. The van der Waals surface area contributed by atoms with Crippen LogP contribution in [0.2, 0.25) is 0 Å². The van der Waals surface area contributed by atoms with Crippen molar-refractivity contribution < 1.29 is 22.6 Å². The molecule has 6 bridgehead atoms. The molecule has 0 saturated carbocycles. The maximum Gasteiger partial charge on any atom is 0.573 e. The maximum atomic E-state index is 13.4. The molecule has 12 heteroatoms. The second-order valence-electron chi connectivity index (χ2n) is 10.5. The Balaban J connectivity index is 1.45. The third-order valence-corrected chi connectivity index (χ3v) is 7.77. The predicted molar refractivity (Wildman–Crippen MR) is 146 cm³/mol. The van der Waals surface area contributed by atoms with Gasteiger partial charge in [-0.25, -0.2) is 4.98 Å². The molecule has 2 aromatic heterocycles. The second kappa shape index (κ2) is 9.23. The Morgan fingerprint density at radius 2 is 1.88 bits per heavy atom. The molecule has 2 aliphatic rings. The number of nitrogens with one attached hydrogen (secondary N) is 2. The summed E-state index contributed by atoms with van der Waals surface area (Å²) in [6.07, 6.45) is -4.31. The molecule has 0 aliphatic carbocycles. The van der Waals surface area contributed by atoms with Crippen LogP contribution in [-0.2, 0) is 6.54 Å². The van der Waals surface area contributed by atoms with E-state index in [0.29, 0.717) is 64.0 Å². The fourth-order valence-corrected chi connectivity index (χ4v) is 5.86. The van der Waals surface area contributed by atoms with Gasteiger partial charge in [-0.1, -0.05) is 24.3 Å². The van der Waals surface area contributed by atoms with E-state index in [-0.39, 0.29) is 29.1 Å². The summed E-state index contributed by atoms with van der Waals surface area (Å²) >= 11 is 0. The topological polar surface area (TPSA) is 105 Å². The molecular formula is C29H24F3N5O4. The minimum absolute atomic E-state index is 0.119. The number of alkyl halides is 3. The Morgan fingerprint density at radius 3 is 2.71 bits per heavy atom. The Labute approximate surface area is 230 Å². The van der Waals surface area contributed by atoms with Gasteiger partial charge in [0.25, 0.3) is 11.1 Å². The third-order valence-electron chi connectivity index (χ3n) is 7.77. The molecule has 9 nitrogen and oxygen atoms in total. The van der Waals surface area contributed by atoms with E-state index in [1.165, 1.54) is 18.2 Å². The van der Waals surface area contributed by atoms with Crippen molar-refractivity contribution in [2.45, 2.75) is 38.4 Å². The highest BCUT2D eigenvalue weighted by Crippen LogP contribution is 2.36. The monoisotopic (exact) mass is 563 g/mol. The van der Waals surface area contributed by atoms with Gasteiger partial charge in [-0.15, -0.1) is 13.2 Å². The highest BCUT2D eigenvalue weighted by Gasteiger charge is 2.32. The first-order valence-corrected chi connectivity index (χ1v) is 13.2. The molecule has 2 unspecified atom stereocenters. The van der Waals surface area contributed by atoms with Crippen LogP contribution in [0, 0.1) is 0 Å². The maximum absolute atomic E-state index is 13.4. The first kappa shape index (κ1) is 25.4. The van der Waals surface area contributed by atoms with Crippen LogP contribution in [0.5, 0.6) is 11.5 Å². The average Bonchev–Trinajstić information content (AvgIpc) is 3.43. The number of fused-ring (bicyclic) bond motifs is 5. The number of ether oxygens (including phenoxy) is 2. The van der Waals surface area contributed by atoms with Crippen LogP contribution in [0.3, 0.4) is 0 Å². The SMILES string of the molecule is C[C@@H]1CC2CN1CCn1[nH]c3c(cccc3c1=O)-c1nc3c(cc(-c4cccc(OC(F)(F)F)c4)cc3[nH]c1=O)O2. The highest BCUT2D eigenvalue weighted by molar-refractivity contribution is 5.94. The van der Waals surface area contributed by atoms with Gasteiger partial charge in [0.1, 0.15) is 28.8 Å². The fraction of sp³-hybridized carbons (Fsp3) is 0.276. The van der Waals surface area contributed by atoms with Crippen molar-refractivity contribution in [1.82, 2.24) is 24.6 Å². The normalized spacial score (nSPS) is 20.4. The molecule has 2 aliphatic heterocycles. The van der Waals surface area contributed by atoms with E-state index in [2.05, 4.69) is 26.6 Å². The highest BCUT2D eigenvalue weighted by atomic mass is 19.4. The van der Waals surface area contributed by atoms with E-state index in [1.807, 2.05) is 0 Å². The standard InChI is InChI=1S/C29H24F3N5O4/c1-15-10-19-14-36(15)8-9-37-28(39)21-7-3-6-20(24(21)35-37)25-27(38)33-22-12-17(13-23(40-19)26(22)34-25)16-4-2-5-18(11-16)41-29(30,31)32/h2-7,11-13,15,19,35H,8-10,14H2,1H3,(H,33,38)/t15-,19?/m1/s1. The van der Waals surface area contributed by atoms with E-state index in [1.54, 1.807) is 41.1 Å². The molecule has 0 spiro atoms. The Hall–Kier alpha value is -4.58. The summed E-state index contributed by atoms with van der Waals surface area (Å²) in [4.78, 5) is 36.4. The average molecular weight is 564 g/mol. The number of halogens is 3. The molecule has 4 heterocycles. The van der Waals surface area contributed by atoms with Crippen molar-refractivity contribution in [2.75, 3.05) is 13.1 Å². The summed E-state index contributed by atoms with van der Waals surface area (Å²) in [5, 5.41) is 3.64. The van der Waals surface area contributed by atoms with Crippen molar-refractivity contribution in [3.8, 4) is 33.9 Å². The zero-order chi connectivity index (χ0) is 28.5. The number of nitrogens with zero attached hydrogens (tertiary/aromatic N) is 3. The van der Waals surface area contributed by atoms with E-state index in [9.17, 15) is 22.8 Å².